The maximum Gasteiger partial charge on any atom is 0.354 e. The van der Waals surface area contributed by atoms with E-state index in [0.29, 0.717) is 22.9 Å². The third-order valence-electron chi connectivity index (χ3n) is 3.02. The quantitative estimate of drug-likeness (QED) is 0.797. The highest BCUT2D eigenvalue weighted by Crippen LogP contribution is 2.23. The van der Waals surface area contributed by atoms with E-state index in [1.807, 2.05) is 0 Å². The maximum absolute atomic E-state index is 11.4. The molecule has 21 heavy (non-hydrogen) atoms. The van der Waals surface area contributed by atoms with Gasteiger partial charge in [-0.2, -0.15) is 5.10 Å². The number of hydrogen-bond acceptors (Lipinski definition) is 4. The summed E-state index contributed by atoms with van der Waals surface area (Å²) in [5, 5.41) is 13.6. The van der Waals surface area contributed by atoms with E-state index in [0.717, 1.165) is 0 Å². The van der Waals surface area contributed by atoms with Gasteiger partial charge in [0.15, 0.2) is 11.5 Å². The molecule has 1 N–H and O–H groups in total. The molecule has 1 aromatic carbocycles. The van der Waals surface area contributed by atoms with E-state index < -0.39 is 5.97 Å². The number of furan rings is 1. The number of rotatable bonds is 4. The molecule has 2 heterocycles. The minimum atomic E-state index is -1.06. The van der Waals surface area contributed by atoms with Gasteiger partial charge in [-0.3, -0.25) is 0 Å². The minimum Gasteiger partial charge on any atom is -0.497 e. The van der Waals surface area contributed by atoms with Crippen LogP contribution in [0.4, 0.5) is 0 Å². The lowest BCUT2D eigenvalue weighted by atomic mass is 10.3. The van der Waals surface area contributed by atoms with Crippen LogP contribution in [-0.4, -0.2) is 28.0 Å². The highest BCUT2D eigenvalue weighted by molar-refractivity contribution is 5.87. The lowest BCUT2D eigenvalue weighted by Gasteiger charge is -2.05. The Labute approximate surface area is 120 Å². The summed E-state index contributed by atoms with van der Waals surface area (Å²) < 4.78 is 11.7. The van der Waals surface area contributed by atoms with Crippen LogP contribution in [0.25, 0.3) is 17.1 Å². The van der Waals surface area contributed by atoms with Crippen molar-refractivity contribution >= 4 is 5.97 Å². The lowest BCUT2D eigenvalue weighted by Crippen LogP contribution is -2.07. The molecule has 2 aromatic heterocycles. The molecule has 0 aliphatic rings. The third kappa shape index (κ3) is 2.38. The molecule has 0 aliphatic heterocycles. The summed E-state index contributed by atoms with van der Waals surface area (Å²) in [5.74, 6) is 0.148. The number of aromatic nitrogens is 2. The van der Waals surface area contributed by atoms with Crippen LogP contribution >= 0.6 is 0 Å². The molecule has 106 valence electrons. The zero-order valence-corrected chi connectivity index (χ0v) is 11.2. The molecule has 6 heteroatoms. The Hall–Kier alpha value is -3.02. The molecule has 0 amide bonds. The van der Waals surface area contributed by atoms with Crippen molar-refractivity contribution in [3.05, 3.63) is 54.4 Å². The van der Waals surface area contributed by atoms with Gasteiger partial charge in [0.1, 0.15) is 11.4 Å². The van der Waals surface area contributed by atoms with Crippen molar-refractivity contribution in [3.8, 4) is 22.9 Å². The number of carboxylic acid groups (broad SMARTS) is 1. The van der Waals surface area contributed by atoms with Crippen LogP contribution < -0.4 is 4.74 Å². The highest BCUT2D eigenvalue weighted by atomic mass is 16.5. The second-order valence-corrected chi connectivity index (χ2v) is 4.31. The molecule has 0 saturated heterocycles. The Bertz CT molecular complexity index is 758. The van der Waals surface area contributed by atoms with Crippen molar-refractivity contribution in [1.29, 1.82) is 0 Å². The van der Waals surface area contributed by atoms with E-state index in [4.69, 9.17) is 9.15 Å². The first-order valence-electron chi connectivity index (χ1n) is 6.20. The maximum atomic E-state index is 11.4. The van der Waals surface area contributed by atoms with Crippen LogP contribution in [0, 0.1) is 0 Å². The molecular formula is C15H12N2O4. The summed E-state index contributed by atoms with van der Waals surface area (Å²) in [6.45, 7) is 0. The van der Waals surface area contributed by atoms with Crippen molar-refractivity contribution in [2.24, 2.45) is 0 Å². The monoisotopic (exact) mass is 284 g/mol. The summed E-state index contributed by atoms with van der Waals surface area (Å²) in [4.78, 5) is 11.4. The van der Waals surface area contributed by atoms with Crippen LogP contribution in [-0.2, 0) is 0 Å². The summed E-state index contributed by atoms with van der Waals surface area (Å²) in [7, 11) is 1.57. The van der Waals surface area contributed by atoms with E-state index in [1.165, 1.54) is 17.0 Å². The molecule has 3 rings (SSSR count). The first-order valence-corrected chi connectivity index (χ1v) is 6.20. The highest BCUT2D eigenvalue weighted by Gasteiger charge is 2.17. The van der Waals surface area contributed by atoms with Crippen molar-refractivity contribution in [2.75, 3.05) is 7.11 Å². The van der Waals surface area contributed by atoms with E-state index in [1.54, 1.807) is 43.5 Å². The smallest absolute Gasteiger partial charge is 0.354 e. The van der Waals surface area contributed by atoms with Crippen LogP contribution in [0.15, 0.2) is 53.1 Å². The average molecular weight is 284 g/mol. The fourth-order valence-electron chi connectivity index (χ4n) is 2.00. The molecule has 0 fully saturated rings. The summed E-state index contributed by atoms with van der Waals surface area (Å²) in [6, 6.07) is 11.9. The number of hydrogen-bond donors (Lipinski definition) is 1. The molecule has 3 aromatic rings. The second-order valence-electron chi connectivity index (χ2n) is 4.31. The van der Waals surface area contributed by atoms with Gasteiger partial charge in [-0.1, -0.05) is 0 Å². The van der Waals surface area contributed by atoms with Gasteiger partial charge in [0.05, 0.1) is 19.1 Å². The lowest BCUT2D eigenvalue weighted by molar-refractivity contribution is 0.0687. The molecule has 0 aliphatic carbocycles. The standard InChI is InChI=1S/C15H12N2O4/c1-20-11-6-4-10(5-7-11)17-13(15(18)19)9-12(16-17)14-3-2-8-21-14/h2-9H,1H3,(H,18,19). The number of benzene rings is 1. The van der Waals surface area contributed by atoms with Crippen molar-refractivity contribution < 1.29 is 19.1 Å². The van der Waals surface area contributed by atoms with Crippen molar-refractivity contribution in [2.45, 2.75) is 0 Å². The number of methoxy groups -OCH3 is 1. The molecule has 0 unspecified atom stereocenters. The van der Waals surface area contributed by atoms with Gasteiger partial charge in [0.2, 0.25) is 0 Å². The number of carbonyl (C=O) groups is 1. The number of carboxylic acids is 1. The SMILES string of the molecule is COc1ccc(-n2nc(-c3ccco3)cc2C(=O)O)cc1. The van der Waals surface area contributed by atoms with Gasteiger partial charge in [-0.25, -0.2) is 9.48 Å². The van der Waals surface area contributed by atoms with Gasteiger partial charge in [0.25, 0.3) is 0 Å². The van der Waals surface area contributed by atoms with E-state index in [9.17, 15) is 9.90 Å². The number of aromatic carboxylic acids is 1. The van der Waals surface area contributed by atoms with E-state index in [2.05, 4.69) is 5.10 Å². The number of ether oxygens (including phenoxy) is 1. The van der Waals surface area contributed by atoms with Crippen LogP contribution in [0.5, 0.6) is 5.75 Å². The minimum absolute atomic E-state index is 0.0616. The molecule has 0 saturated carbocycles. The predicted octanol–water partition coefficient (Wildman–Crippen LogP) is 2.84. The summed E-state index contributed by atoms with van der Waals surface area (Å²) >= 11 is 0. The Balaban J connectivity index is 2.09. The second kappa shape index (κ2) is 5.16. The van der Waals surface area contributed by atoms with Gasteiger partial charge < -0.3 is 14.3 Å². The fraction of sp³-hybridized carbons (Fsp3) is 0.0667. The zero-order chi connectivity index (χ0) is 14.8. The first kappa shape index (κ1) is 13.0. The first-order chi connectivity index (χ1) is 10.2. The van der Waals surface area contributed by atoms with Crippen LogP contribution in [0.2, 0.25) is 0 Å². The van der Waals surface area contributed by atoms with Gasteiger partial charge in [-0.05, 0) is 36.4 Å². The largest absolute Gasteiger partial charge is 0.497 e. The molecule has 6 nitrogen and oxygen atoms in total. The predicted molar refractivity (Wildman–Crippen MR) is 74.8 cm³/mol. The van der Waals surface area contributed by atoms with E-state index >= 15 is 0 Å². The zero-order valence-electron chi connectivity index (χ0n) is 11.2. The van der Waals surface area contributed by atoms with Crippen molar-refractivity contribution in [3.63, 3.8) is 0 Å². The Morgan fingerprint density at radius 2 is 2.05 bits per heavy atom. The average Bonchev–Trinajstić information content (AvgIpc) is 3.16. The third-order valence-corrected chi connectivity index (χ3v) is 3.02. The van der Waals surface area contributed by atoms with Gasteiger partial charge in [0, 0.05) is 6.07 Å². The van der Waals surface area contributed by atoms with Crippen LogP contribution in [0.1, 0.15) is 10.5 Å². The molecular weight excluding hydrogens is 272 g/mol. The Morgan fingerprint density at radius 1 is 1.29 bits per heavy atom. The summed E-state index contributed by atoms with van der Waals surface area (Å²) in [5.41, 5.74) is 1.16. The van der Waals surface area contributed by atoms with Crippen molar-refractivity contribution in [1.82, 2.24) is 9.78 Å². The fourth-order valence-corrected chi connectivity index (χ4v) is 2.00. The molecule has 0 spiro atoms. The summed E-state index contributed by atoms with van der Waals surface area (Å²) in [6.07, 6.45) is 1.52. The normalized spacial score (nSPS) is 10.5. The van der Waals surface area contributed by atoms with E-state index in [-0.39, 0.29) is 5.69 Å². The Morgan fingerprint density at radius 3 is 2.62 bits per heavy atom. The van der Waals surface area contributed by atoms with Gasteiger partial charge in [-0.15, -0.1) is 0 Å². The molecule has 0 bridgehead atoms. The number of nitrogens with zero attached hydrogens (tertiary/aromatic N) is 2. The molecule has 0 radical (unpaired) electrons. The van der Waals surface area contributed by atoms with Gasteiger partial charge >= 0.3 is 5.97 Å². The molecule has 0 atom stereocenters. The topological polar surface area (TPSA) is 77.5 Å². The Kier molecular flexibility index (Phi) is 3.19. The van der Waals surface area contributed by atoms with Crippen LogP contribution in [0.3, 0.4) is 0 Å².